The van der Waals surface area contributed by atoms with Crippen molar-refractivity contribution in [3.8, 4) is 0 Å². The third kappa shape index (κ3) is 1.58. The van der Waals surface area contributed by atoms with Crippen LogP contribution >= 0.6 is 0 Å². The molecule has 4 rings (SSSR count). The molecule has 3 aliphatic rings. The number of aromatic amines is 1. The first kappa shape index (κ1) is 11.7. The molecule has 1 aromatic rings. The Hall–Kier alpha value is -1.05. The molecule has 1 aromatic heterocycles. The van der Waals surface area contributed by atoms with Crippen molar-refractivity contribution in [2.75, 3.05) is 0 Å². The quantitative estimate of drug-likeness (QED) is 0.792. The van der Waals surface area contributed by atoms with Gasteiger partial charge in [0.15, 0.2) is 0 Å². The molecule has 19 heavy (non-hydrogen) atoms. The van der Waals surface area contributed by atoms with Crippen LogP contribution in [0.25, 0.3) is 0 Å². The van der Waals surface area contributed by atoms with Crippen molar-refractivity contribution >= 4 is 0 Å². The molecule has 1 N–H and O–H groups in total. The highest BCUT2D eigenvalue weighted by atomic mass is 15.1. The maximum absolute atomic E-state index is 4.57. The molecule has 2 bridgehead atoms. The van der Waals surface area contributed by atoms with Crippen molar-refractivity contribution in [3.63, 3.8) is 0 Å². The zero-order chi connectivity index (χ0) is 13.1. The van der Waals surface area contributed by atoms with Gasteiger partial charge >= 0.3 is 0 Å². The monoisotopic (exact) mass is 256 g/mol. The van der Waals surface area contributed by atoms with Gasteiger partial charge in [-0.2, -0.15) is 5.10 Å². The van der Waals surface area contributed by atoms with Gasteiger partial charge < -0.3 is 0 Å². The van der Waals surface area contributed by atoms with Crippen LogP contribution in [0.15, 0.2) is 18.2 Å². The average Bonchev–Trinajstić information content (AvgIpc) is 2.94. The van der Waals surface area contributed by atoms with Gasteiger partial charge in [0.25, 0.3) is 0 Å². The molecule has 0 aromatic carbocycles. The van der Waals surface area contributed by atoms with Gasteiger partial charge in [-0.25, -0.2) is 0 Å². The molecule has 0 atom stereocenters. The number of H-pyrrole nitrogens is 1. The average molecular weight is 256 g/mol. The van der Waals surface area contributed by atoms with Crippen molar-refractivity contribution in [1.82, 2.24) is 10.2 Å². The first-order valence-corrected chi connectivity index (χ1v) is 7.92. The SMILES string of the molecule is C=C(CC)C12CCC(c3cc(C4CC4)n[nH]3)(CC1)C2. The lowest BCUT2D eigenvalue weighted by molar-refractivity contribution is 0.344. The number of rotatable bonds is 4. The minimum absolute atomic E-state index is 0.401. The molecule has 0 aliphatic heterocycles. The molecule has 0 spiro atoms. The third-order valence-electron chi connectivity index (χ3n) is 6.18. The summed E-state index contributed by atoms with van der Waals surface area (Å²) in [6.07, 6.45) is 10.5. The fraction of sp³-hybridized carbons (Fsp3) is 0.706. The first-order valence-electron chi connectivity index (χ1n) is 7.92. The fourth-order valence-corrected chi connectivity index (χ4v) is 4.62. The van der Waals surface area contributed by atoms with E-state index in [9.17, 15) is 0 Å². The van der Waals surface area contributed by atoms with E-state index in [0.29, 0.717) is 10.8 Å². The third-order valence-corrected chi connectivity index (χ3v) is 6.18. The predicted molar refractivity (Wildman–Crippen MR) is 77.2 cm³/mol. The van der Waals surface area contributed by atoms with Gasteiger partial charge in [0.2, 0.25) is 0 Å². The summed E-state index contributed by atoms with van der Waals surface area (Å²) >= 11 is 0. The van der Waals surface area contributed by atoms with Gasteiger partial charge in [-0.15, -0.1) is 0 Å². The van der Waals surface area contributed by atoms with Crippen molar-refractivity contribution < 1.29 is 0 Å². The van der Waals surface area contributed by atoms with Gasteiger partial charge in [-0.05, 0) is 62.8 Å². The second kappa shape index (κ2) is 3.74. The van der Waals surface area contributed by atoms with E-state index < -0.39 is 0 Å². The van der Waals surface area contributed by atoms with Gasteiger partial charge in [0.1, 0.15) is 0 Å². The number of hydrogen-bond donors (Lipinski definition) is 1. The Labute approximate surface area is 115 Å². The smallest absolute Gasteiger partial charge is 0.0656 e. The van der Waals surface area contributed by atoms with Crippen molar-refractivity contribution in [2.45, 2.75) is 69.6 Å². The van der Waals surface area contributed by atoms with Gasteiger partial charge in [-0.3, -0.25) is 5.10 Å². The Morgan fingerprint density at radius 1 is 1.37 bits per heavy atom. The van der Waals surface area contributed by atoms with Crippen LogP contribution < -0.4 is 0 Å². The van der Waals surface area contributed by atoms with Crippen LogP contribution in [0.4, 0.5) is 0 Å². The van der Waals surface area contributed by atoms with Crippen LogP contribution in [-0.2, 0) is 5.41 Å². The molecule has 102 valence electrons. The summed E-state index contributed by atoms with van der Waals surface area (Å²) in [4.78, 5) is 0. The van der Waals surface area contributed by atoms with E-state index in [0.717, 1.165) is 12.3 Å². The van der Waals surface area contributed by atoms with Gasteiger partial charge in [0, 0.05) is 17.0 Å². The number of aromatic nitrogens is 2. The van der Waals surface area contributed by atoms with Gasteiger partial charge in [-0.1, -0.05) is 19.1 Å². The number of fused-ring (bicyclic) bond motifs is 2. The number of allylic oxidation sites excluding steroid dienone is 1. The summed E-state index contributed by atoms with van der Waals surface area (Å²) in [5, 5.41) is 7.96. The lowest BCUT2D eigenvalue weighted by atomic mass is 9.76. The first-order chi connectivity index (χ1) is 9.17. The van der Waals surface area contributed by atoms with Crippen molar-refractivity contribution in [1.29, 1.82) is 0 Å². The van der Waals surface area contributed by atoms with E-state index >= 15 is 0 Å². The highest BCUT2D eigenvalue weighted by Crippen LogP contribution is 2.65. The van der Waals surface area contributed by atoms with E-state index in [-0.39, 0.29) is 0 Å². The molecular formula is C17H24N2. The maximum atomic E-state index is 4.57. The van der Waals surface area contributed by atoms with E-state index in [1.54, 1.807) is 0 Å². The summed E-state index contributed by atoms with van der Waals surface area (Å²) < 4.78 is 0. The Bertz CT molecular complexity index is 513. The summed E-state index contributed by atoms with van der Waals surface area (Å²) in [5.74, 6) is 0.763. The molecule has 2 heteroatoms. The number of hydrogen-bond acceptors (Lipinski definition) is 1. The zero-order valence-corrected chi connectivity index (χ0v) is 12.0. The van der Waals surface area contributed by atoms with Crippen LogP contribution in [0.5, 0.6) is 0 Å². The Morgan fingerprint density at radius 2 is 2.11 bits per heavy atom. The molecule has 3 fully saturated rings. The summed E-state index contributed by atoms with van der Waals surface area (Å²) in [7, 11) is 0. The second-order valence-electron chi connectivity index (χ2n) is 7.18. The van der Waals surface area contributed by atoms with E-state index in [1.165, 1.54) is 61.9 Å². The number of nitrogens with one attached hydrogen (secondary N) is 1. The molecule has 0 saturated heterocycles. The number of nitrogens with zero attached hydrogens (tertiary/aromatic N) is 1. The topological polar surface area (TPSA) is 28.7 Å². The van der Waals surface area contributed by atoms with Crippen LogP contribution in [-0.4, -0.2) is 10.2 Å². The van der Waals surface area contributed by atoms with E-state index in [2.05, 4.69) is 29.8 Å². The normalized spacial score (nSPS) is 36.9. The summed E-state index contributed by atoms with van der Waals surface area (Å²) in [5.41, 5.74) is 5.10. The van der Waals surface area contributed by atoms with Crippen molar-refractivity contribution in [2.24, 2.45) is 5.41 Å². The Morgan fingerprint density at radius 3 is 2.74 bits per heavy atom. The highest BCUT2D eigenvalue weighted by Gasteiger charge is 2.56. The van der Waals surface area contributed by atoms with Crippen LogP contribution in [0.3, 0.4) is 0 Å². The summed E-state index contributed by atoms with van der Waals surface area (Å²) in [6, 6.07) is 2.38. The fourth-order valence-electron chi connectivity index (χ4n) is 4.62. The zero-order valence-electron chi connectivity index (χ0n) is 12.0. The molecule has 3 aliphatic carbocycles. The molecule has 0 amide bonds. The Kier molecular flexibility index (Phi) is 2.31. The molecular weight excluding hydrogens is 232 g/mol. The maximum Gasteiger partial charge on any atom is 0.0656 e. The van der Waals surface area contributed by atoms with Crippen LogP contribution in [0, 0.1) is 5.41 Å². The highest BCUT2D eigenvalue weighted by molar-refractivity contribution is 5.32. The molecule has 2 nitrogen and oxygen atoms in total. The minimum atomic E-state index is 0.401. The van der Waals surface area contributed by atoms with Crippen LogP contribution in [0.2, 0.25) is 0 Å². The van der Waals surface area contributed by atoms with E-state index in [1.807, 2.05) is 0 Å². The van der Waals surface area contributed by atoms with E-state index in [4.69, 9.17) is 0 Å². The largest absolute Gasteiger partial charge is 0.282 e. The van der Waals surface area contributed by atoms with Crippen molar-refractivity contribution in [3.05, 3.63) is 29.6 Å². The lowest BCUT2D eigenvalue weighted by Crippen LogP contribution is -2.20. The second-order valence-corrected chi connectivity index (χ2v) is 7.18. The predicted octanol–water partition coefficient (Wildman–Crippen LogP) is 4.46. The molecule has 3 saturated carbocycles. The minimum Gasteiger partial charge on any atom is -0.282 e. The summed E-state index contributed by atoms with van der Waals surface area (Å²) in [6.45, 7) is 6.63. The standard InChI is InChI=1S/C17H24N2/c1-3-12(2)16-6-8-17(11-16,9-7-16)15-10-14(18-19-15)13-4-5-13/h10,13H,2-9,11H2,1H3,(H,18,19). The Balaban J connectivity index is 1.63. The molecule has 0 radical (unpaired) electrons. The lowest BCUT2D eigenvalue weighted by Gasteiger charge is -2.28. The van der Waals surface area contributed by atoms with Crippen LogP contribution in [0.1, 0.15) is 75.6 Å². The molecule has 0 unspecified atom stereocenters. The molecule has 1 heterocycles. The van der Waals surface area contributed by atoms with Gasteiger partial charge in [0.05, 0.1) is 5.69 Å².